The van der Waals surface area contributed by atoms with Crippen LogP contribution in [0.2, 0.25) is 0 Å². The van der Waals surface area contributed by atoms with Crippen molar-refractivity contribution < 1.29 is 9.59 Å². The van der Waals surface area contributed by atoms with Crippen LogP contribution in [0.25, 0.3) is 43.7 Å². The molecule has 27 heavy (non-hydrogen) atoms. The molecule has 2 N–H and O–H groups in total. The van der Waals surface area contributed by atoms with Gasteiger partial charge >= 0.3 is 0 Å². The van der Waals surface area contributed by atoms with Gasteiger partial charge in [-0.25, -0.2) is 4.98 Å². The summed E-state index contributed by atoms with van der Waals surface area (Å²) < 4.78 is 2.11. The fourth-order valence-corrected chi connectivity index (χ4v) is 4.51. The molecule has 0 saturated carbocycles. The minimum atomic E-state index is -0.341. The van der Waals surface area contributed by atoms with E-state index in [2.05, 4.69) is 26.8 Å². The fourth-order valence-electron chi connectivity index (χ4n) is 4.51. The van der Waals surface area contributed by atoms with E-state index in [-0.39, 0.29) is 11.8 Å². The number of aromatic nitrogens is 3. The quantitative estimate of drug-likeness (QED) is 0.450. The Morgan fingerprint density at radius 2 is 1.70 bits per heavy atom. The molecule has 2 amide bonds. The number of hydrogen-bond acceptors (Lipinski definition) is 3. The second kappa shape index (κ2) is 4.73. The Labute approximate surface area is 152 Å². The standard InChI is InChI=1S/C21H14N4O2/c1-2-25-18-14(11-7-5-9-22-19(11)25)16-15(20(26)24-21(16)27)13-10-6-3-4-8-12(10)23-17(13)18/h3-9,23H,2H2,1H3,(H,24,26,27). The summed E-state index contributed by atoms with van der Waals surface area (Å²) in [6.07, 6.45) is 1.75. The molecule has 6 heteroatoms. The minimum Gasteiger partial charge on any atom is -0.353 e. The lowest BCUT2D eigenvalue weighted by Crippen LogP contribution is -2.20. The summed E-state index contributed by atoms with van der Waals surface area (Å²) >= 11 is 0. The molecule has 0 aliphatic carbocycles. The molecule has 0 saturated heterocycles. The van der Waals surface area contributed by atoms with Crippen LogP contribution in [0, 0.1) is 0 Å². The third-order valence-corrected chi connectivity index (χ3v) is 5.51. The number of pyridine rings is 1. The Bertz CT molecular complexity index is 1470. The summed E-state index contributed by atoms with van der Waals surface area (Å²) in [7, 11) is 0. The third kappa shape index (κ3) is 1.58. The molecule has 0 spiro atoms. The van der Waals surface area contributed by atoms with Crippen molar-refractivity contribution in [3.8, 4) is 0 Å². The van der Waals surface area contributed by atoms with Crippen LogP contribution in [0.3, 0.4) is 0 Å². The van der Waals surface area contributed by atoms with E-state index >= 15 is 0 Å². The number of hydrogen-bond donors (Lipinski definition) is 2. The van der Waals surface area contributed by atoms with E-state index in [1.165, 1.54) is 0 Å². The van der Waals surface area contributed by atoms with Crippen molar-refractivity contribution in [1.29, 1.82) is 0 Å². The van der Waals surface area contributed by atoms with Crippen molar-refractivity contribution >= 4 is 55.6 Å². The van der Waals surface area contributed by atoms with Crippen molar-refractivity contribution in [3.63, 3.8) is 0 Å². The molecular weight excluding hydrogens is 340 g/mol. The maximum absolute atomic E-state index is 12.8. The molecular formula is C21H14N4O2. The monoisotopic (exact) mass is 354 g/mol. The first-order valence-electron chi connectivity index (χ1n) is 8.89. The van der Waals surface area contributed by atoms with Crippen LogP contribution in [0.4, 0.5) is 0 Å². The first kappa shape index (κ1) is 14.5. The highest BCUT2D eigenvalue weighted by atomic mass is 16.2. The van der Waals surface area contributed by atoms with E-state index in [9.17, 15) is 9.59 Å². The number of benzene rings is 2. The third-order valence-electron chi connectivity index (χ3n) is 5.51. The van der Waals surface area contributed by atoms with Crippen LogP contribution in [0.1, 0.15) is 27.6 Å². The number of amides is 2. The average Bonchev–Trinajstić information content (AvgIpc) is 3.31. The molecule has 0 bridgehead atoms. The maximum atomic E-state index is 12.8. The van der Waals surface area contributed by atoms with Gasteiger partial charge in [0.15, 0.2) is 0 Å². The van der Waals surface area contributed by atoms with Gasteiger partial charge in [-0.15, -0.1) is 0 Å². The zero-order valence-electron chi connectivity index (χ0n) is 14.5. The Morgan fingerprint density at radius 1 is 0.963 bits per heavy atom. The fraction of sp³-hybridized carbons (Fsp3) is 0.0952. The number of fused-ring (bicyclic) bond motifs is 10. The van der Waals surface area contributed by atoms with E-state index in [0.717, 1.165) is 43.7 Å². The van der Waals surface area contributed by atoms with Gasteiger partial charge in [0.2, 0.25) is 0 Å². The molecule has 4 heterocycles. The van der Waals surface area contributed by atoms with Gasteiger partial charge in [-0.3, -0.25) is 14.9 Å². The molecule has 3 aromatic heterocycles. The predicted octanol–water partition coefficient (Wildman–Crippen LogP) is 3.73. The number of para-hydroxylation sites is 1. The molecule has 0 fully saturated rings. The van der Waals surface area contributed by atoms with E-state index in [1.807, 2.05) is 36.4 Å². The number of carbonyl (C=O) groups is 2. The Kier molecular flexibility index (Phi) is 2.54. The molecule has 6 rings (SSSR count). The number of H-pyrrole nitrogens is 1. The maximum Gasteiger partial charge on any atom is 0.259 e. The number of carbonyl (C=O) groups excluding carboxylic acids is 2. The van der Waals surface area contributed by atoms with Gasteiger partial charge in [0.1, 0.15) is 5.65 Å². The Balaban J connectivity index is 2.05. The molecule has 2 aromatic carbocycles. The summed E-state index contributed by atoms with van der Waals surface area (Å²) in [5, 5.41) is 5.91. The zero-order valence-corrected chi connectivity index (χ0v) is 14.5. The molecule has 0 radical (unpaired) electrons. The van der Waals surface area contributed by atoms with Crippen LogP contribution in [0.15, 0.2) is 42.6 Å². The molecule has 1 aliphatic heterocycles. The zero-order chi connectivity index (χ0) is 18.3. The number of aryl methyl sites for hydroxylation is 1. The number of nitrogens with one attached hydrogen (secondary N) is 2. The SMILES string of the molecule is CCn1c2ncccc2c2c3c(c4c5ccccc5[nH]c4c21)C(=O)NC3=O. The summed E-state index contributed by atoms with van der Waals surface area (Å²) in [5.74, 6) is -0.681. The first-order chi connectivity index (χ1) is 13.2. The van der Waals surface area contributed by atoms with Gasteiger partial charge in [0, 0.05) is 39.8 Å². The average molecular weight is 354 g/mol. The van der Waals surface area contributed by atoms with Gasteiger partial charge in [0.05, 0.1) is 22.2 Å². The summed E-state index contributed by atoms with van der Waals surface area (Å²) in [5.41, 5.74) is 4.46. The highest BCUT2D eigenvalue weighted by Crippen LogP contribution is 2.42. The van der Waals surface area contributed by atoms with Gasteiger partial charge in [-0.1, -0.05) is 18.2 Å². The molecule has 130 valence electrons. The lowest BCUT2D eigenvalue weighted by molar-refractivity contribution is 0.0880. The van der Waals surface area contributed by atoms with Gasteiger partial charge in [-0.2, -0.15) is 0 Å². The second-order valence-corrected chi connectivity index (χ2v) is 6.80. The van der Waals surface area contributed by atoms with E-state index in [0.29, 0.717) is 17.7 Å². The minimum absolute atomic E-state index is 0.340. The smallest absolute Gasteiger partial charge is 0.259 e. The molecule has 0 unspecified atom stereocenters. The molecule has 0 atom stereocenters. The van der Waals surface area contributed by atoms with Gasteiger partial charge in [-0.05, 0) is 25.1 Å². The van der Waals surface area contributed by atoms with Crippen molar-refractivity contribution in [3.05, 3.63) is 53.7 Å². The highest BCUT2D eigenvalue weighted by molar-refractivity contribution is 6.39. The van der Waals surface area contributed by atoms with Crippen LogP contribution in [-0.4, -0.2) is 26.3 Å². The van der Waals surface area contributed by atoms with Crippen molar-refractivity contribution in [2.24, 2.45) is 0 Å². The van der Waals surface area contributed by atoms with Gasteiger partial charge < -0.3 is 9.55 Å². The topological polar surface area (TPSA) is 79.8 Å². The van der Waals surface area contributed by atoms with Gasteiger partial charge in [0.25, 0.3) is 11.8 Å². The molecule has 5 aromatic rings. The lowest BCUT2D eigenvalue weighted by atomic mass is 9.97. The van der Waals surface area contributed by atoms with Crippen molar-refractivity contribution in [2.45, 2.75) is 13.5 Å². The van der Waals surface area contributed by atoms with E-state index in [4.69, 9.17) is 0 Å². The van der Waals surface area contributed by atoms with E-state index < -0.39 is 0 Å². The number of imide groups is 1. The second-order valence-electron chi connectivity index (χ2n) is 6.80. The highest BCUT2D eigenvalue weighted by Gasteiger charge is 2.35. The summed E-state index contributed by atoms with van der Waals surface area (Å²) in [4.78, 5) is 33.5. The van der Waals surface area contributed by atoms with E-state index in [1.54, 1.807) is 6.20 Å². The van der Waals surface area contributed by atoms with Crippen LogP contribution in [0.5, 0.6) is 0 Å². The summed E-state index contributed by atoms with van der Waals surface area (Å²) in [6, 6.07) is 11.7. The van der Waals surface area contributed by atoms with Crippen LogP contribution in [-0.2, 0) is 6.54 Å². The lowest BCUT2D eigenvalue weighted by Gasteiger charge is -2.06. The molecule has 6 nitrogen and oxygen atoms in total. The molecule has 1 aliphatic rings. The van der Waals surface area contributed by atoms with Crippen LogP contribution < -0.4 is 5.32 Å². The normalized spacial score (nSPS) is 14.0. The largest absolute Gasteiger partial charge is 0.353 e. The number of rotatable bonds is 1. The van der Waals surface area contributed by atoms with Crippen LogP contribution >= 0.6 is 0 Å². The predicted molar refractivity (Wildman–Crippen MR) is 104 cm³/mol. The Hall–Kier alpha value is -3.67. The van der Waals surface area contributed by atoms with Crippen molar-refractivity contribution in [2.75, 3.05) is 0 Å². The number of nitrogens with zero attached hydrogens (tertiary/aromatic N) is 2. The first-order valence-corrected chi connectivity index (χ1v) is 8.89. The number of aromatic amines is 1. The van der Waals surface area contributed by atoms with Crippen molar-refractivity contribution in [1.82, 2.24) is 19.9 Å². The Morgan fingerprint density at radius 3 is 2.52 bits per heavy atom. The summed E-state index contributed by atoms with van der Waals surface area (Å²) in [6.45, 7) is 2.76.